The van der Waals surface area contributed by atoms with E-state index in [0.717, 1.165) is 55.2 Å². The minimum Gasteiger partial charge on any atom is -0.490 e. The summed E-state index contributed by atoms with van der Waals surface area (Å²) >= 11 is 0. The van der Waals surface area contributed by atoms with Crippen LogP contribution < -0.4 is 25.4 Å². The largest absolute Gasteiger partial charge is 0.490 e. The lowest BCUT2D eigenvalue weighted by atomic mass is 9.99. The Labute approximate surface area is 218 Å². The summed E-state index contributed by atoms with van der Waals surface area (Å²) in [6.07, 6.45) is 0. The average molecular weight is 499 g/mol. The number of piperazine rings is 1. The molecule has 5 rings (SSSR count). The van der Waals surface area contributed by atoms with E-state index >= 15 is 0 Å². The van der Waals surface area contributed by atoms with Gasteiger partial charge in [0.1, 0.15) is 0 Å². The number of ether oxygens (including phenoxy) is 2. The molecule has 1 saturated heterocycles. The molecule has 0 radical (unpaired) electrons. The van der Waals surface area contributed by atoms with Gasteiger partial charge >= 0.3 is 0 Å². The van der Waals surface area contributed by atoms with Gasteiger partial charge < -0.3 is 25.4 Å². The van der Waals surface area contributed by atoms with Crippen molar-refractivity contribution < 1.29 is 14.3 Å². The third-order valence-electron chi connectivity index (χ3n) is 6.58. The predicted molar refractivity (Wildman–Crippen MR) is 149 cm³/mol. The molecule has 192 valence electrons. The van der Waals surface area contributed by atoms with Crippen LogP contribution >= 0.6 is 0 Å². The smallest absolute Gasteiger partial charge is 0.258 e. The van der Waals surface area contributed by atoms with Crippen molar-refractivity contribution in [2.24, 2.45) is 0 Å². The monoisotopic (exact) mass is 498 g/mol. The highest BCUT2D eigenvalue weighted by atomic mass is 16.5. The zero-order chi connectivity index (χ0) is 25.6. The molecule has 3 aromatic carbocycles. The van der Waals surface area contributed by atoms with Gasteiger partial charge in [0.25, 0.3) is 5.91 Å². The van der Waals surface area contributed by atoms with Crippen molar-refractivity contribution in [1.82, 2.24) is 10.2 Å². The molecule has 3 aromatic rings. The molecule has 7 nitrogen and oxygen atoms in total. The Balaban J connectivity index is 1.51. The first-order valence-corrected chi connectivity index (χ1v) is 13.0. The van der Waals surface area contributed by atoms with E-state index in [-0.39, 0.29) is 5.91 Å². The molecule has 0 saturated carbocycles. The second-order valence-electron chi connectivity index (χ2n) is 9.13. The molecule has 37 heavy (non-hydrogen) atoms. The average Bonchev–Trinajstić information content (AvgIpc) is 3.24. The zero-order valence-electron chi connectivity index (χ0n) is 21.5. The minimum absolute atomic E-state index is 0.159. The molecule has 2 aliphatic heterocycles. The highest BCUT2D eigenvalue weighted by molar-refractivity contribution is 6.37. The van der Waals surface area contributed by atoms with Gasteiger partial charge in [0.2, 0.25) is 0 Å². The van der Waals surface area contributed by atoms with Crippen molar-refractivity contribution in [2.75, 3.05) is 50.0 Å². The molecule has 0 aromatic heterocycles. The van der Waals surface area contributed by atoms with E-state index in [4.69, 9.17) is 9.47 Å². The summed E-state index contributed by atoms with van der Waals surface area (Å²) in [5.41, 5.74) is 5.96. The van der Waals surface area contributed by atoms with Gasteiger partial charge in [0.15, 0.2) is 11.5 Å². The number of nitrogens with zero attached hydrogens (tertiary/aromatic N) is 1. The van der Waals surface area contributed by atoms with Gasteiger partial charge in [-0.05, 0) is 43.2 Å². The van der Waals surface area contributed by atoms with Crippen LogP contribution in [0.3, 0.4) is 0 Å². The van der Waals surface area contributed by atoms with E-state index in [0.29, 0.717) is 36.0 Å². The Morgan fingerprint density at radius 2 is 1.59 bits per heavy atom. The molecule has 0 atom stereocenters. The number of rotatable bonds is 9. The summed E-state index contributed by atoms with van der Waals surface area (Å²) in [6, 6.07) is 22.2. The van der Waals surface area contributed by atoms with Gasteiger partial charge in [-0.25, -0.2) is 0 Å². The van der Waals surface area contributed by atoms with Gasteiger partial charge in [0.05, 0.1) is 30.2 Å². The standard InChI is InChI=1S/C30H34N4O3/c1-3-36-26-18-24-25(19-27(26)37-4-2)33-30(35)28(24)29(22-8-6-5-7-9-22)32-23-12-10-21(11-13-23)20-34-16-14-31-15-17-34/h5-13,18-19,31-32H,3-4,14-17,20H2,1-2H3,(H,33,35)/b29-28+. The third kappa shape index (κ3) is 5.63. The van der Waals surface area contributed by atoms with Crippen molar-refractivity contribution in [3.63, 3.8) is 0 Å². The number of anilines is 2. The van der Waals surface area contributed by atoms with Crippen molar-refractivity contribution in [2.45, 2.75) is 20.4 Å². The molecular weight excluding hydrogens is 464 g/mol. The number of fused-ring (bicyclic) bond motifs is 1. The molecule has 1 amide bonds. The van der Waals surface area contributed by atoms with E-state index in [2.05, 4.69) is 45.1 Å². The lowest BCUT2D eigenvalue weighted by Gasteiger charge is -2.27. The Kier molecular flexibility index (Phi) is 7.73. The Hall–Kier alpha value is -3.81. The zero-order valence-corrected chi connectivity index (χ0v) is 21.5. The van der Waals surface area contributed by atoms with Crippen LogP contribution in [0.1, 0.15) is 30.5 Å². The van der Waals surface area contributed by atoms with E-state index < -0.39 is 0 Å². The lowest BCUT2D eigenvalue weighted by molar-refractivity contribution is -0.110. The summed E-state index contributed by atoms with van der Waals surface area (Å²) < 4.78 is 11.6. The molecule has 0 spiro atoms. The van der Waals surface area contributed by atoms with Crippen LogP contribution in [-0.4, -0.2) is 50.2 Å². The number of hydrogen-bond acceptors (Lipinski definition) is 6. The van der Waals surface area contributed by atoms with Crippen molar-refractivity contribution in [3.8, 4) is 11.5 Å². The first-order chi connectivity index (χ1) is 18.2. The summed E-state index contributed by atoms with van der Waals surface area (Å²) in [4.78, 5) is 15.8. The second kappa shape index (κ2) is 11.5. The number of amides is 1. The molecule has 1 fully saturated rings. The van der Waals surface area contributed by atoms with Gasteiger partial charge in [-0.1, -0.05) is 42.5 Å². The van der Waals surface area contributed by atoms with Gasteiger partial charge in [-0.15, -0.1) is 0 Å². The molecule has 7 heteroatoms. The lowest BCUT2D eigenvalue weighted by Crippen LogP contribution is -2.42. The molecule has 0 bridgehead atoms. The van der Waals surface area contributed by atoms with Crippen LogP contribution in [0.4, 0.5) is 11.4 Å². The van der Waals surface area contributed by atoms with E-state index in [1.54, 1.807) is 0 Å². The number of carbonyl (C=O) groups excluding carboxylic acids is 1. The summed E-state index contributed by atoms with van der Waals surface area (Å²) in [6.45, 7) is 10.0. The Morgan fingerprint density at radius 1 is 0.919 bits per heavy atom. The van der Waals surface area contributed by atoms with Crippen molar-refractivity contribution in [3.05, 3.63) is 83.4 Å². The van der Waals surface area contributed by atoms with Crippen LogP contribution in [0.5, 0.6) is 11.5 Å². The summed E-state index contributed by atoms with van der Waals surface area (Å²) in [7, 11) is 0. The van der Waals surface area contributed by atoms with E-state index in [1.807, 2.05) is 56.3 Å². The molecule has 2 heterocycles. The number of nitrogens with one attached hydrogen (secondary N) is 3. The van der Waals surface area contributed by atoms with Crippen LogP contribution in [0.25, 0.3) is 11.3 Å². The predicted octanol–water partition coefficient (Wildman–Crippen LogP) is 4.82. The molecule has 2 aliphatic rings. The number of hydrogen-bond donors (Lipinski definition) is 3. The van der Waals surface area contributed by atoms with Gasteiger partial charge in [0, 0.05) is 50.0 Å². The maximum absolute atomic E-state index is 13.3. The highest BCUT2D eigenvalue weighted by Gasteiger charge is 2.30. The van der Waals surface area contributed by atoms with Gasteiger partial charge in [-0.3, -0.25) is 9.69 Å². The Morgan fingerprint density at radius 3 is 2.27 bits per heavy atom. The van der Waals surface area contributed by atoms with Crippen LogP contribution in [0.2, 0.25) is 0 Å². The normalized spacial score (nSPS) is 16.6. The number of benzene rings is 3. The third-order valence-corrected chi connectivity index (χ3v) is 6.58. The first-order valence-electron chi connectivity index (χ1n) is 13.0. The van der Waals surface area contributed by atoms with Crippen LogP contribution in [-0.2, 0) is 11.3 Å². The molecule has 0 unspecified atom stereocenters. The number of carbonyl (C=O) groups is 1. The van der Waals surface area contributed by atoms with Crippen LogP contribution in [0.15, 0.2) is 66.7 Å². The molecular formula is C30H34N4O3. The fourth-order valence-electron chi connectivity index (χ4n) is 4.81. The van der Waals surface area contributed by atoms with Crippen molar-refractivity contribution in [1.29, 1.82) is 0 Å². The van der Waals surface area contributed by atoms with Crippen LogP contribution in [0, 0.1) is 0 Å². The molecule has 0 aliphatic carbocycles. The SMILES string of the molecule is CCOc1cc2c(cc1OCC)/C(=C(\Nc1ccc(CN3CCNCC3)cc1)c1ccccc1)C(=O)N2. The Bertz CT molecular complexity index is 1270. The minimum atomic E-state index is -0.159. The maximum atomic E-state index is 13.3. The second-order valence-corrected chi connectivity index (χ2v) is 9.13. The topological polar surface area (TPSA) is 74.9 Å². The van der Waals surface area contributed by atoms with E-state index in [9.17, 15) is 4.79 Å². The quantitative estimate of drug-likeness (QED) is 0.367. The van der Waals surface area contributed by atoms with Gasteiger partial charge in [-0.2, -0.15) is 0 Å². The van der Waals surface area contributed by atoms with E-state index in [1.165, 1.54) is 5.56 Å². The van der Waals surface area contributed by atoms with Crippen molar-refractivity contribution >= 4 is 28.6 Å². The fraction of sp³-hybridized carbons (Fsp3) is 0.300. The molecule has 3 N–H and O–H groups in total. The first kappa shape index (κ1) is 24.9. The summed E-state index contributed by atoms with van der Waals surface area (Å²) in [5.74, 6) is 1.09. The highest BCUT2D eigenvalue weighted by Crippen LogP contribution is 2.43. The maximum Gasteiger partial charge on any atom is 0.258 e. The fourth-order valence-corrected chi connectivity index (χ4v) is 4.81. The summed E-state index contributed by atoms with van der Waals surface area (Å²) in [5, 5.41) is 9.98.